The van der Waals surface area contributed by atoms with Crippen LogP contribution in [0.1, 0.15) is 38.4 Å². The monoisotopic (exact) mass is 238 g/mol. The van der Waals surface area contributed by atoms with E-state index >= 15 is 0 Å². The Kier molecular flexibility index (Phi) is 5.00. The minimum atomic E-state index is 0.547. The molecular weight excluding hydrogens is 212 g/mol. The van der Waals surface area contributed by atoms with Gasteiger partial charge in [-0.3, -0.25) is 4.68 Å². The molecule has 0 aromatic carbocycles. The Morgan fingerprint density at radius 3 is 2.53 bits per heavy atom. The van der Waals surface area contributed by atoms with Crippen molar-refractivity contribution < 1.29 is 0 Å². The SMILES string of the molecule is CCC(C)N(CC)c1c(CNC)c(C)nn1C. The zero-order chi connectivity index (χ0) is 13.0. The molecule has 0 bridgehead atoms. The van der Waals surface area contributed by atoms with Crippen LogP contribution in [-0.4, -0.2) is 29.4 Å². The Hall–Kier alpha value is -1.03. The van der Waals surface area contributed by atoms with Gasteiger partial charge in [0.1, 0.15) is 5.82 Å². The number of aromatic nitrogens is 2. The predicted molar refractivity (Wildman–Crippen MR) is 73.5 cm³/mol. The molecule has 1 unspecified atom stereocenters. The van der Waals surface area contributed by atoms with Crippen LogP contribution in [-0.2, 0) is 13.6 Å². The van der Waals surface area contributed by atoms with Gasteiger partial charge < -0.3 is 10.2 Å². The Labute approximate surface area is 105 Å². The highest BCUT2D eigenvalue weighted by Crippen LogP contribution is 2.25. The maximum Gasteiger partial charge on any atom is 0.131 e. The van der Waals surface area contributed by atoms with Crippen molar-refractivity contribution in [3.05, 3.63) is 11.3 Å². The van der Waals surface area contributed by atoms with Crippen LogP contribution < -0.4 is 10.2 Å². The van der Waals surface area contributed by atoms with Gasteiger partial charge in [0.05, 0.1) is 5.69 Å². The van der Waals surface area contributed by atoms with Crippen LogP contribution in [0.5, 0.6) is 0 Å². The summed E-state index contributed by atoms with van der Waals surface area (Å²) < 4.78 is 2.01. The highest BCUT2D eigenvalue weighted by Gasteiger charge is 2.20. The molecule has 1 rings (SSSR count). The third-order valence-corrected chi connectivity index (χ3v) is 3.40. The van der Waals surface area contributed by atoms with E-state index in [0.717, 1.165) is 25.2 Å². The van der Waals surface area contributed by atoms with E-state index in [9.17, 15) is 0 Å². The lowest BCUT2D eigenvalue weighted by molar-refractivity contribution is 0.597. The fourth-order valence-electron chi connectivity index (χ4n) is 2.32. The van der Waals surface area contributed by atoms with E-state index in [0.29, 0.717) is 6.04 Å². The Morgan fingerprint density at radius 1 is 1.41 bits per heavy atom. The third-order valence-electron chi connectivity index (χ3n) is 3.40. The van der Waals surface area contributed by atoms with E-state index in [2.05, 4.69) is 43.0 Å². The molecule has 1 N–H and O–H groups in total. The minimum Gasteiger partial charge on any atom is -0.354 e. The van der Waals surface area contributed by atoms with E-state index in [1.165, 1.54) is 11.4 Å². The van der Waals surface area contributed by atoms with Gasteiger partial charge in [-0.15, -0.1) is 0 Å². The molecule has 1 atom stereocenters. The Bertz CT molecular complexity index is 357. The lowest BCUT2D eigenvalue weighted by atomic mass is 10.1. The van der Waals surface area contributed by atoms with Gasteiger partial charge in [-0.2, -0.15) is 5.10 Å². The predicted octanol–water partition coefficient (Wildman–Crippen LogP) is 2.07. The van der Waals surface area contributed by atoms with Gasteiger partial charge in [0, 0.05) is 31.7 Å². The van der Waals surface area contributed by atoms with Gasteiger partial charge in [0.25, 0.3) is 0 Å². The van der Waals surface area contributed by atoms with Gasteiger partial charge in [-0.25, -0.2) is 0 Å². The van der Waals surface area contributed by atoms with Gasteiger partial charge >= 0.3 is 0 Å². The summed E-state index contributed by atoms with van der Waals surface area (Å²) in [5.41, 5.74) is 2.44. The summed E-state index contributed by atoms with van der Waals surface area (Å²) in [4.78, 5) is 2.44. The molecule has 0 fully saturated rings. The van der Waals surface area contributed by atoms with Crippen LogP contribution in [0, 0.1) is 6.92 Å². The first-order valence-electron chi connectivity index (χ1n) is 6.50. The molecule has 0 radical (unpaired) electrons. The first kappa shape index (κ1) is 14.0. The molecule has 98 valence electrons. The molecule has 1 aromatic heterocycles. The van der Waals surface area contributed by atoms with Gasteiger partial charge in [0.15, 0.2) is 0 Å². The van der Waals surface area contributed by atoms with Crippen LogP contribution in [0.2, 0.25) is 0 Å². The van der Waals surface area contributed by atoms with Crippen LogP contribution in [0.4, 0.5) is 5.82 Å². The lowest BCUT2D eigenvalue weighted by Gasteiger charge is -2.30. The van der Waals surface area contributed by atoms with Crippen molar-refractivity contribution in [1.82, 2.24) is 15.1 Å². The van der Waals surface area contributed by atoms with E-state index < -0.39 is 0 Å². The highest BCUT2D eigenvalue weighted by molar-refractivity contribution is 5.50. The number of nitrogens with one attached hydrogen (secondary N) is 1. The van der Waals surface area contributed by atoms with Crippen molar-refractivity contribution >= 4 is 5.82 Å². The van der Waals surface area contributed by atoms with E-state index in [4.69, 9.17) is 0 Å². The summed E-state index contributed by atoms with van der Waals surface area (Å²) in [5, 5.41) is 7.78. The number of aryl methyl sites for hydroxylation is 2. The number of rotatable bonds is 6. The third kappa shape index (κ3) is 2.80. The number of nitrogens with zero attached hydrogens (tertiary/aromatic N) is 3. The summed E-state index contributed by atoms with van der Waals surface area (Å²) in [5.74, 6) is 1.26. The maximum atomic E-state index is 4.55. The second-order valence-electron chi connectivity index (χ2n) is 4.58. The molecule has 0 saturated carbocycles. The fraction of sp³-hybridized carbons (Fsp3) is 0.769. The molecule has 1 heterocycles. The molecule has 1 aromatic rings. The molecule has 4 nitrogen and oxygen atoms in total. The zero-order valence-electron chi connectivity index (χ0n) is 12.0. The highest BCUT2D eigenvalue weighted by atomic mass is 15.4. The largest absolute Gasteiger partial charge is 0.354 e. The maximum absolute atomic E-state index is 4.55. The van der Waals surface area contributed by atoms with Crippen molar-refractivity contribution in [2.24, 2.45) is 7.05 Å². The standard InChI is InChI=1S/C13H26N4/c1-7-10(3)17(8-2)13-12(9-14-5)11(4)15-16(13)6/h10,14H,7-9H2,1-6H3. The molecule has 0 aliphatic rings. The number of hydrogen-bond donors (Lipinski definition) is 1. The summed E-state index contributed by atoms with van der Waals surface area (Å²) in [7, 11) is 4.02. The van der Waals surface area contributed by atoms with Crippen molar-refractivity contribution in [1.29, 1.82) is 0 Å². The van der Waals surface area contributed by atoms with Crippen LogP contribution in [0.3, 0.4) is 0 Å². The average molecular weight is 238 g/mol. The van der Waals surface area contributed by atoms with Crippen LogP contribution in [0.15, 0.2) is 0 Å². The van der Waals surface area contributed by atoms with Crippen LogP contribution >= 0.6 is 0 Å². The van der Waals surface area contributed by atoms with Crippen molar-refractivity contribution in [2.75, 3.05) is 18.5 Å². The second kappa shape index (κ2) is 6.05. The summed E-state index contributed by atoms with van der Waals surface area (Å²) in [6.45, 7) is 10.7. The fourth-order valence-corrected chi connectivity index (χ4v) is 2.32. The quantitative estimate of drug-likeness (QED) is 0.823. The van der Waals surface area contributed by atoms with Gasteiger partial charge in [-0.1, -0.05) is 6.92 Å². The summed E-state index contributed by atoms with van der Waals surface area (Å²) in [6, 6.07) is 0.547. The first-order chi connectivity index (χ1) is 8.06. The van der Waals surface area contributed by atoms with Crippen molar-refractivity contribution in [3.63, 3.8) is 0 Å². The van der Waals surface area contributed by atoms with Crippen molar-refractivity contribution in [3.8, 4) is 0 Å². The molecule has 0 spiro atoms. The molecule has 4 heteroatoms. The molecular formula is C13H26N4. The molecule has 0 aliphatic carbocycles. The van der Waals surface area contributed by atoms with E-state index in [1.807, 2.05) is 18.8 Å². The first-order valence-corrected chi connectivity index (χ1v) is 6.50. The molecule has 0 aliphatic heterocycles. The Balaban J connectivity index is 3.17. The average Bonchev–Trinajstić information content (AvgIpc) is 2.57. The second-order valence-corrected chi connectivity index (χ2v) is 4.58. The smallest absolute Gasteiger partial charge is 0.131 e. The topological polar surface area (TPSA) is 33.1 Å². The Morgan fingerprint density at radius 2 is 2.06 bits per heavy atom. The van der Waals surface area contributed by atoms with Gasteiger partial charge in [0.2, 0.25) is 0 Å². The molecule has 0 amide bonds. The van der Waals surface area contributed by atoms with Crippen molar-refractivity contribution in [2.45, 2.75) is 46.7 Å². The molecule has 17 heavy (non-hydrogen) atoms. The normalized spacial score (nSPS) is 12.8. The van der Waals surface area contributed by atoms with Crippen LogP contribution in [0.25, 0.3) is 0 Å². The number of hydrogen-bond acceptors (Lipinski definition) is 3. The van der Waals surface area contributed by atoms with E-state index in [1.54, 1.807) is 0 Å². The van der Waals surface area contributed by atoms with Gasteiger partial charge in [-0.05, 0) is 34.2 Å². The summed E-state index contributed by atoms with van der Waals surface area (Å²) >= 11 is 0. The van der Waals surface area contributed by atoms with E-state index in [-0.39, 0.29) is 0 Å². The lowest BCUT2D eigenvalue weighted by Crippen LogP contribution is -2.34. The minimum absolute atomic E-state index is 0.547. The zero-order valence-corrected chi connectivity index (χ0v) is 12.0. The number of anilines is 1. The summed E-state index contributed by atoms with van der Waals surface area (Å²) in [6.07, 6.45) is 1.15. The molecule has 0 saturated heterocycles.